The van der Waals surface area contributed by atoms with Crippen molar-refractivity contribution >= 4 is 34.9 Å². The molecule has 1 heterocycles. The summed E-state index contributed by atoms with van der Waals surface area (Å²) in [6.07, 6.45) is 1.33. The number of hydrogen-bond donors (Lipinski definition) is 2. The lowest BCUT2D eigenvalue weighted by Crippen LogP contribution is -2.37. The smallest absolute Gasteiger partial charge is 0.293 e. The second kappa shape index (κ2) is 8.78. The summed E-state index contributed by atoms with van der Waals surface area (Å²) in [6.45, 7) is -0.0732. The van der Waals surface area contributed by atoms with Crippen LogP contribution in [-0.4, -0.2) is 47.3 Å². The van der Waals surface area contributed by atoms with Crippen LogP contribution in [0.15, 0.2) is 47.4 Å². The number of amides is 3. The molecule has 9 heteroatoms. The Balaban J connectivity index is 1.63. The van der Waals surface area contributed by atoms with Gasteiger partial charge in [0.25, 0.3) is 17.1 Å². The number of phenols is 1. The van der Waals surface area contributed by atoms with Crippen LogP contribution < -0.4 is 10.1 Å². The van der Waals surface area contributed by atoms with Gasteiger partial charge in [-0.2, -0.15) is 0 Å². The lowest BCUT2D eigenvalue weighted by molar-refractivity contribution is -0.122. The number of aromatic hydroxyl groups is 1. The van der Waals surface area contributed by atoms with Crippen LogP contribution in [0.5, 0.6) is 11.5 Å². The highest BCUT2D eigenvalue weighted by Gasteiger charge is 2.34. The predicted octanol–water partition coefficient (Wildman–Crippen LogP) is 3.01. The third kappa shape index (κ3) is 4.40. The van der Waals surface area contributed by atoms with E-state index in [-0.39, 0.29) is 40.6 Å². The Kier molecular flexibility index (Phi) is 6.18. The lowest BCUT2D eigenvalue weighted by Gasteiger charge is -2.13. The average Bonchev–Trinajstić information content (AvgIpc) is 2.97. The number of methoxy groups -OCH3 is 1. The van der Waals surface area contributed by atoms with Gasteiger partial charge in [0.1, 0.15) is 5.82 Å². The number of nitrogens with zero attached hydrogens (tertiary/aromatic N) is 1. The summed E-state index contributed by atoms with van der Waals surface area (Å²) in [5.41, 5.74) is 0.220. The average molecular weight is 416 g/mol. The fraction of sp³-hybridized carbons (Fsp3) is 0.150. The van der Waals surface area contributed by atoms with E-state index in [1.807, 2.05) is 0 Å². The van der Waals surface area contributed by atoms with E-state index >= 15 is 0 Å². The van der Waals surface area contributed by atoms with Gasteiger partial charge < -0.3 is 15.2 Å². The number of para-hydroxylation sites is 1. The molecule has 2 N–H and O–H groups in total. The van der Waals surface area contributed by atoms with Crippen LogP contribution in [0.25, 0.3) is 6.08 Å². The summed E-state index contributed by atoms with van der Waals surface area (Å²) in [5.74, 6) is -1.77. The van der Waals surface area contributed by atoms with Gasteiger partial charge in [0.2, 0.25) is 0 Å². The first-order valence-corrected chi connectivity index (χ1v) is 9.38. The Bertz CT molecular complexity index is 1010. The molecule has 0 saturated carbocycles. The molecule has 0 bridgehead atoms. The number of hydrogen-bond acceptors (Lipinski definition) is 6. The van der Waals surface area contributed by atoms with Crippen molar-refractivity contribution in [2.24, 2.45) is 0 Å². The number of imide groups is 1. The number of thioether (sulfide) groups is 1. The SMILES string of the molecule is COc1cccc(C(=O)NCCN2C(=O)SC(=Cc3ccccc3F)C2=O)c1O. The number of phenolic OH excluding ortho intramolecular Hbond substituents is 1. The molecule has 0 radical (unpaired) electrons. The van der Waals surface area contributed by atoms with E-state index in [1.165, 1.54) is 43.5 Å². The van der Waals surface area contributed by atoms with Crippen molar-refractivity contribution in [3.63, 3.8) is 0 Å². The van der Waals surface area contributed by atoms with Crippen molar-refractivity contribution in [1.29, 1.82) is 0 Å². The van der Waals surface area contributed by atoms with Gasteiger partial charge in [0, 0.05) is 18.7 Å². The molecule has 3 rings (SSSR count). The van der Waals surface area contributed by atoms with Crippen LogP contribution in [0.3, 0.4) is 0 Å². The van der Waals surface area contributed by atoms with Crippen LogP contribution in [0.4, 0.5) is 9.18 Å². The third-order valence-electron chi connectivity index (χ3n) is 4.15. The van der Waals surface area contributed by atoms with E-state index in [9.17, 15) is 23.9 Å². The van der Waals surface area contributed by atoms with Gasteiger partial charge in [0.15, 0.2) is 11.5 Å². The quantitative estimate of drug-likeness (QED) is 0.703. The van der Waals surface area contributed by atoms with Crippen LogP contribution in [0, 0.1) is 5.82 Å². The van der Waals surface area contributed by atoms with Gasteiger partial charge in [0.05, 0.1) is 17.6 Å². The Morgan fingerprint density at radius 1 is 1.24 bits per heavy atom. The van der Waals surface area contributed by atoms with E-state index in [0.717, 1.165) is 4.90 Å². The zero-order chi connectivity index (χ0) is 21.0. The van der Waals surface area contributed by atoms with Gasteiger partial charge in [-0.05, 0) is 36.0 Å². The molecule has 1 saturated heterocycles. The van der Waals surface area contributed by atoms with E-state index < -0.39 is 22.9 Å². The number of ether oxygens (including phenoxy) is 1. The van der Waals surface area contributed by atoms with Gasteiger partial charge >= 0.3 is 0 Å². The molecule has 0 atom stereocenters. The summed E-state index contributed by atoms with van der Waals surface area (Å²) in [5, 5.41) is 12.0. The molecule has 0 unspecified atom stereocenters. The van der Waals surface area contributed by atoms with E-state index in [4.69, 9.17) is 4.74 Å². The van der Waals surface area contributed by atoms with Gasteiger partial charge in [-0.1, -0.05) is 24.3 Å². The van der Waals surface area contributed by atoms with Crippen molar-refractivity contribution in [3.05, 3.63) is 64.3 Å². The van der Waals surface area contributed by atoms with E-state index in [1.54, 1.807) is 12.1 Å². The summed E-state index contributed by atoms with van der Waals surface area (Å²) in [4.78, 5) is 37.9. The Morgan fingerprint density at radius 3 is 2.72 bits per heavy atom. The molecule has 2 aromatic carbocycles. The normalized spacial score (nSPS) is 15.1. The predicted molar refractivity (Wildman–Crippen MR) is 106 cm³/mol. The molecule has 1 aliphatic rings. The molecule has 0 aliphatic carbocycles. The fourth-order valence-corrected chi connectivity index (χ4v) is 3.53. The van der Waals surface area contributed by atoms with Crippen molar-refractivity contribution in [1.82, 2.24) is 10.2 Å². The highest BCUT2D eigenvalue weighted by molar-refractivity contribution is 8.18. The standard InChI is InChI=1S/C20H17FN2O5S/c1-28-15-8-4-6-13(17(15)24)18(25)22-9-10-23-19(26)16(29-20(23)27)11-12-5-2-3-7-14(12)21/h2-8,11,24H,9-10H2,1H3,(H,22,25). The zero-order valence-corrected chi connectivity index (χ0v) is 16.2. The number of halogens is 1. The van der Waals surface area contributed by atoms with Crippen LogP contribution in [0.1, 0.15) is 15.9 Å². The monoisotopic (exact) mass is 416 g/mol. The van der Waals surface area contributed by atoms with Crippen molar-refractivity contribution < 1.29 is 28.6 Å². The summed E-state index contributed by atoms with van der Waals surface area (Å²) in [6, 6.07) is 10.4. The van der Waals surface area contributed by atoms with Crippen molar-refractivity contribution in [2.75, 3.05) is 20.2 Å². The highest BCUT2D eigenvalue weighted by Crippen LogP contribution is 2.32. The molecule has 3 amide bonds. The minimum Gasteiger partial charge on any atom is -0.504 e. The largest absolute Gasteiger partial charge is 0.504 e. The lowest BCUT2D eigenvalue weighted by atomic mass is 10.1. The highest BCUT2D eigenvalue weighted by atomic mass is 32.2. The number of benzene rings is 2. The minimum atomic E-state index is -0.574. The van der Waals surface area contributed by atoms with Crippen molar-refractivity contribution in [2.45, 2.75) is 0 Å². The van der Waals surface area contributed by atoms with E-state index in [2.05, 4.69) is 5.32 Å². The first-order chi connectivity index (χ1) is 13.9. The molecule has 0 spiro atoms. The van der Waals surface area contributed by atoms with Gasteiger partial charge in [-0.15, -0.1) is 0 Å². The summed E-state index contributed by atoms with van der Waals surface area (Å²) in [7, 11) is 1.37. The number of carbonyl (C=O) groups is 3. The second-order valence-corrected chi connectivity index (χ2v) is 6.96. The maximum absolute atomic E-state index is 13.8. The Labute approximate surface area is 170 Å². The second-order valence-electron chi connectivity index (χ2n) is 5.97. The molecule has 2 aromatic rings. The minimum absolute atomic E-state index is 0.0120. The molecule has 29 heavy (non-hydrogen) atoms. The number of carbonyl (C=O) groups excluding carboxylic acids is 3. The van der Waals surface area contributed by atoms with Crippen LogP contribution in [0.2, 0.25) is 0 Å². The topological polar surface area (TPSA) is 95.9 Å². The van der Waals surface area contributed by atoms with Crippen molar-refractivity contribution in [3.8, 4) is 11.5 Å². The number of nitrogens with one attached hydrogen (secondary N) is 1. The van der Waals surface area contributed by atoms with E-state index in [0.29, 0.717) is 11.8 Å². The fourth-order valence-electron chi connectivity index (χ4n) is 2.67. The third-order valence-corrected chi connectivity index (χ3v) is 5.06. The molecule has 7 nitrogen and oxygen atoms in total. The van der Waals surface area contributed by atoms with Gasteiger partial charge in [-0.25, -0.2) is 4.39 Å². The molecular formula is C20H17FN2O5S. The van der Waals surface area contributed by atoms with Crippen LogP contribution in [-0.2, 0) is 4.79 Å². The molecule has 1 fully saturated rings. The Morgan fingerprint density at radius 2 is 2.00 bits per heavy atom. The Hall–Kier alpha value is -3.33. The molecule has 0 aromatic heterocycles. The molecule has 150 valence electrons. The van der Waals surface area contributed by atoms with Crippen LogP contribution >= 0.6 is 11.8 Å². The summed E-state index contributed by atoms with van der Waals surface area (Å²) < 4.78 is 18.7. The van der Waals surface area contributed by atoms with Gasteiger partial charge in [-0.3, -0.25) is 19.3 Å². The number of rotatable bonds is 6. The maximum atomic E-state index is 13.8. The first kappa shape index (κ1) is 20.4. The zero-order valence-electron chi connectivity index (χ0n) is 15.3. The first-order valence-electron chi connectivity index (χ1n) is 8.56. The summed E-state index contributed by atoms with van der Waals surface area (Å²) >= 11 is 0.711. The molecule has 1 aliphatic heterocycles. The molecular weight excluding hydrogens is 399 g/mol. The maximum Gasteiger partial charge on any atom is 0.293 e.